The smallest absolute Gasteiger partial charge is 0.0846 e. The Labute approximate surface area is 93.4 Å². The molecule has 72 valence electrons. The van der Waals surface area contributed by atoms with E-state index in [4.69, 9.17) is 0 Å². The van der Waals surface area contributed by atoms with E-state index in [1.54, 1.807) is 0 Å². The molecule has 12 heavy (non-hydrogen) atoms. The van der Waals surface area contributed by atoms with Crippen LogP contribution in [0, 0.1) is 5.92 Å². The first-order chi connectivity index (χ1) is 4.99. The minimum Gasteiger partial charge on any atom is -0.330 e. The summed E-state index contributed by atoms with van der Waals surface area (Å²) in [6, 6.07) is 0. The summed E-state index contributed by atoms with van der Waals surface area (Å²) in [7, 11) is 6.77. The van der Waals surface area contributed by atoms with Crippen LogP contribution in [0.25, 0.3) is 0 Å². The highest BCUT2D eigenvalue weighted by atomic mass is 127. The quantitative estimate of drug-likeness (QED) is 0.415. The summed E-state index contributed by atoms with van der Waals surface area (Å²) >= 11 is 0. The lowest BCUT2D eigenvalue weighted by molar-refractivity contribution is -0.873. The van der Waals surface area contributed by atoms with Gasteiger partial charge in [-0.25, -0.2) is 0 Å². The summed E-state index contributed by atoms with van der Waals surface area (Å²) in [5.74, 6) is 0.801. The van der Waals surface area contributed by atoms with Gasteiger partial charge in [0.25, 0.3) is 0 Å². The minimum atomic E-state index is 0. The highest BCUT2D eigenvalue weighted by molar-refractivity contribution is 14.0. The van der Waals surface area contributed by atoms with Gasteiger partial charge in [0.2, 0.25) is 0 Å². The number of rotatable bonds is 2. The number of hydrogen-bond donors (Lipinski definition) is 0. The fraction of sp³-hybridized carbons (Fsp3) is 0.800. The average molecular weight is 282 g/mol. The Kier molecular flexibility index (Phi) is 4.77. The molecule has 0 aromatic heterocycles. The summed E-state index contributed by atoms with van der Waals surface area (Å²) in [4.78, 5) is 0. The van der Waals surface area contributed by atoms with E-state index in [2.05, 4.69) is 27.7 Å². The third kappa shape index (κ3) is 3.90. The molecule has 0 radical (unpaired) electrons. The molecule has 0 N–H and O–H groups in total. The molecular formula is C10H21IN+. The summed E-state index contributed by atoms with van der Waals surface area (Å²) in [5, 5.41) is 0. The van der Waals surface area contributed by atoms with Crippen molar-refractivity contribution in [3.8, 4) is 0 Å². The van der Waals surface area contributed by atoms with Gasteiger partial charge in [-0.1, -0.05) is 12.2 Å². The van der Waals surface area contributed by atoms with Crippen LogP contribution in [-0.2, 0) is 0 Å². The van der Waals surface area contributed by atoms with E-state index in [1.165, 1.54) is 31.4 Å². The van der Waals surface area contributed by atoms with Crippen molar-refractivity contribution < 1.29 is 4.48 Å². The van der Waals surface area contributed by atoms with E-state index in [0.717, 1.165) is 10.4 Å². The third-order valence-electron chi connectivity index (χ3n) is 2.40. The Morgan fingerprint density at radius 1 is 1.42 bits per heavy atom. The fourth-order valence-corrected chi connectivity index (χ4v) is 1.87. The third-order valence-corrected chi connectivity index (χ3v) is 2.40. The van der Waals surface area contributed by atoms with Crippen molar-refractivity contribution in [3.05, 3.63) is 12.2 Å². The van der Waals surface area contributed by atoms with Gasteiger partial charge in [0.1, 0.15) is 0 Å². The number of quaternary nitrogens is 1. The van der Waals surface area contributed by atoms with Crippen molar-refractivity contribution in [2.45, 2.75) is 19.3 Å². The van der Waals surface area contributed by atoms with E-state index in [1.807, 2.05) is 0 Å². The summed E-state index contributed by atoms with van der Waals surface area (Å²) < 4.78 is 1.07. The largest absolute Gasteiger partial charge is 0.330 e. The SMILES string of the molecule is C=C1CCCC1C[N+](C)(C)C.I. The number of halogens is 1. The van der Waals surface area contributed by atoms with Crippen LogP contribution < -0.4 is 0 Å². The van der Waals surface area contributed by atoms with Crippen LogP contribution >= 0.6 is 24.0 Å². The van der Waals surface area contributed by atoms with E-state index >= 15 is 0 Å². The highest BCUT2D eigenvalue weighted by Gasteiger charge is 2.24. The molecule has 1 unspecified atom stereocenters. The topological polar surface area (TPSA) is 0 Å². The second-order valence-electron chi connectivity index (χ2n) is 4.72. The lowest BCUT2D eigenvalue weighted by Gasteiger charge is -2.27. The van der Waals surface area contributed by atoms with Crippen LogP contribution in [0.4, 0.5) is 0 Å². The molecule has 0 heterocycles. The van der Waals surface area contributed by atoms with Gasteiger partial charge in [0.05, 0.1) is 27.7 Å². The van der Waals surface area contributed by atoms with Crippen LogP contribution in [0.2, 0.25) is 0 Å². The maximum atomic E-state index is 4.11. The molecule has 1 rings (SSSR count). The Balaban J connectivity index is 0.00000121. The first-order valence-electron chi connectivity index (χ1n) is 4.47. The Morgan fingerprint density at radius 2 is 2.00 bits per heavy atom. The molecule has 1 aliphatic carbocycles. The molecule has 1 saturated carbocycles. The van der Waals surface area contributed by atoms with Gasteiger partial charge in [0.15, 0.2) is 0 Å². The summed E-state index contributed by atoms with van der Waals surface area (Å²) in [5.41, 5.74) is 1.48. The Bertz CT molecular complexity index is 158. The molecule has 1 atom stereocenters. The molecule has 0 aromatic carbocycles. The molecule has 0 aromatic rings. The Hall–Kier alpha value is 0.430. The van der Waals surface area contributed by atoms with Gasteiger partial charge in [-0.3, -0.25) is 0 Å². The van der Waals surface area contributed by atoms with Crippen LogP contribution in [-0.4, -0.2) is 32.2 Å². The molecule has 1 fully saturated rings. The van der Waals surface area contributed by atoms with E-state index in [9.17, 15) is 0 Å². The average Bonchev–Trinajstić information content (AvgIpc) is 2.12. The van der Waals surface area contributed by atoms with Crippen LogP contribution in [0.15, 0.2) is 12.2 Å². The zero-order valence-electron chi connectivity index (χ0n) is 8.47. The summed E-state index contributed by atoms with van der Waals surface area (Å²) in [6.45, 7) is 5.37. The molecule has 0 saturated heterocycles. The lowest BCUT2D eigenvalue weighted by atomic mass is 10.0. The van der Waals surface area contributed by atoms with E-state index < -0.39 is 0 Å². The van der Waals surface area contributed by atoms with E-state index in [-0.39, 0.29) is 24.0 Å². The maximum absolute atomic E-state index is 4.11. The van der Waals surface area contributed by atoms with Gasteiger partial charge in [-0.2, -0.15) is 0 Å². The highest BCUT2D eigenvalue weighted by Crippen LogP contribution is 2.30. The van der Waals surface area contributed by atoms with Gasteiger partial charge in [-0.15, -0.1) is 24.0 Å². The fourth-order valence-electron chi connectivity index (χ4n) is 1.87. The molecule has 0 amide bonds. The predicted octanol–water partition coefficient (Wildman–Crippen LogP) is 2.67. The van der Waals surface area contributed by atoms with E-state index in [0.29, 0.717) is 0 Å². The first kappa shape index (κ1) is 12.4. The molecule has 1 aliphatic rings. The monoisotopic (exact) mass is 282 g/mol. The molecule has 1 nitrogen and oxygen atoms in total. The predicted molar refractivity (Wildman–Crippen MR) is 64.8 cm³/mol. The second-order valence-corrected chi connectivity index (χ2v) is 4.72. The van der Waals surface area contributed by atoms with Crippen LogP contribution in [0.1, 0.15) is 19.3 Å². The standard InChI is InChI=1S/C10H20N.HI/c1-9-6-5-7-10(9)8-11(2,3)4;/h10H,1,5-8H2,2-4H3;1H/q+1;. The molecule has 0 spiro atoms. The van der Waals surface area contributed by atoms with Crippen molar-refractivity contribution in [1.29, 1.82) is 0 Å². The molecular weight excluding hydrogens is 261 g/mol. The van der Waals surface area contributed by atoms with Gasteiger partial charge >= 0.3 is 0 Å². The van der Waals surface area contributed by atoms with Crippen molar-refractivity contribution in [1.82, 2.24) is 0 Å². The lowest BCUT2D eigenvalue weighted by Crippen LogP contribution is -2.38. The first-order valence-corrected chi connectivity index (χ1v) is 4.47. The number of nitrogens with zero attached hydrogens (tertiary/aromatic N) is 1. The zero-order valence-corrected chi connectivity index (χ0v) is 10.8. The van der Waals surface area contributed by atoms with Gasteiger partial charge in [-0.05, 0) is 19.3 Å². The van der Waals surface area contributed by atoms with Crippen molar-refractivity contribution >= 4 is 24.0 Å². The molecule has 2 heteroatoms. The maximum Gasteiger partial charge on any atom is 0.0846 e. The van der Waals surface area contributed by atoms with Gasteiger partial charge in [0, 0.05) is 5.92 Å². The molecule has 0 bridgehead atoms. The van der Waals surface area contributed by atoms with Crippen LogP contribution in [0.5, 0.6) is 0 Å². The normalized spacial score (nSPS) is 23.9. The zero-order chi connectivity index (χ0) is 8.48. The minimum absolute atomic E-state index is 0. The van der Waals surface area contributed by atoms with Crippen molar-refractivity contribution in [2.24, 2.45) is 5.92 Å². The van der Waals surface area contributed by atoms with Crippen LogP contribution in [0.3, 0.4) is 0 Å². The number of hydrogen-bond acceptors (Lipinski definition) is 0. The molecule has 0 aliphatic heterocycles. The second kappa shape index (κ2) is 4.61. The van der Waals surface area contributed by atoms with Gasteiger partial charge < -0.3 is 4.48 Å². The summed E-state index contributed by atoms with van der Waals surface area (Å²) in [6.07, 6.45) is 4.00. The Morgan fingerprint density at radius 3 is 2.33 bits per heavy atom. The van der Waals surface area contributed by atoms with Crippen molar-refractivity contribution in [3.63, 3.8) is 0 Å². The van der Waals surface area contributed by atoms with Crippen molar-refractivity contribution in [2.75, 3.05) is 27.7 Å².